The smallest absolute Gasteiger partial charge is 0.243 e. The van der Waals surface area contributed by atoms with Crippen LogP contribution in [0.25, 0.3) is 0 Å². The molecule has 232 valence electrons. The third kappa shape index (κ3) is 7.24. The summed E-state index contributed by atoms with van der Waals surface area (Å²) in [6, 6.07) is 14.0. The van der Waals surface area contributed by atoms with Crippen molar-refractivity contribution in [3.63, 3.8) is 0 Å². The minimum absolute atomic E-state index is 0.0781. The molecule has 0 aliphatic carbocycles. The summed E-state index contributed by atoms with van der Waals surface area (Å²) in [7, 11) is 0. The Morgan fingerprint density at radius 1 is 1.00 bits per heavy atom. The van der Waals surface area contributed by atoms with Crippen molar-refractivity contribution < 1.29 is 23.9 Å². The molecule has 12 nitrogen and oxygen atoms in total. The molecule has 1 fully saturated rings. The normalized spacial score (nSPS) is 22.5. The van der Waals surface area contributed by atoms with E-state index in [-0.39, 0.29) is 56.3 Å². The van der Waals surface area contributed by atoms with Crippen LogP contribution < -0.4 is 20.7 Å². The van der Waals surface area contributed by atoms with E-state index in [9.17, 15) is 19.2 Å². The van der Waals surface area contributed by atoms with Gasteiger partial charge in [-0.25, -0.2) is 4.68 Å². The molecular weight excluding hydrogens is 562 g/mol. The lowest BCUT2D eigenvalue weighted by molar-refractivity contribution is -0.140. The first-order valence-electron chi connectivity index (χ1n) is 15.0. The summed E-state index contributed by atoms with van der Waals surface area (Å²) in [5.74, 6) is -1.09. The fourth-order valence-corrected chi connectivity index (χ4v) is 5.62. The Bertz CT molecular complexity index is 1490. The van der Waals surface area contributed by atoms with E-state index >= 15 is 0 Å². The van der Waals surface area contributed by atoms with Gasteiger partial charge in [-0.2, -0.15) is 0 Å². The number of hydrogen-bond donors (Lipinski definition) is 3. The number of para-hydroxylation sites is 1. The van der Waals surface area contributed by atoms with Crippen molar-refractivity contribution in [2.75, 3.05) is 13.2 Å². The Hall–Kier alpha value is -4.74. The van der Waals surface area contributed by atoms with E-state index in [1.54, 1.807) is 15.8 Å². The molecule has 1 saturated heterocycles. The van der Waals surface area contributed by atoms with Crippen molar-refractivity contribution in [3.8, 4) is 5.75 Å². The van der Waals surface area contributed by atoms with Gasteiger partial charge in [-0.1, -0.05) is 67.6 Å². The van der Waals surface area contributed by atoms with Crippen LogP contribution in [-0.2, 0) is 32.1 Å². The van der Waals surface area contributed by atoms with Crippen molar-refractivity contribution in [2.45, 2.75) is 70.7 Å². The van der Waals surface area contributed by atoms with Gasteiger partial charge in [-0.3, -0.25) is 19.2 Å². The lowest BCUT2D eigenvalue weighted by Crippen LogP contribution is -2.58. The number of ether oxygens (including phenoxy) is 1. The molecule has 0 spiro atoms. The molecule has 2 aliphatic rings. The highest BCUT2D eigenvalue weighted by Crippen LogP contribution is 2.28. The monoisotopic (exact) mass is 601 g/mol. The van der Waals surface area contributed by atoms with Crippen LogP contribution in [0.1, 0.15) is 49.6 Å². The first-order valence-corrected chi connectivity index (χ1v) is 15.0. The Kier molecular flexibility index (Phi) is 9.56. The number of carbonyl (C=O) groups excluding carboxylic acids is 4. The van der Waals surface area contributed by atoms with Gasteiger partial charge in [0.1, 0.15) is 29.6 Å². The van der Waals surface area contributed by atoms with Crippen LogP contribution in [0.5, 0.6) is 5.75 Å². The molecule has 1 aromatic heterocycles. The third-order valence-electron chi connectivity index (χ3n) is 8.11. The van der Waals surface area contributed by atoms with E-state index in [4.69, 9.17) is 4.74 Å². The van der Waals surface area contributed by atoms with Crippen LogP contribution in [0.15, 0.2) is 60.8 Å². The number of carbonyl (C=O) groups is 4. The summed E-state index contributed by atoms with van der Waals surface area (Å²) < 4.78 is 7.49. The van der Waals surface area contributed by atoms with E-state index in [2.05, 4.69) is 26.3 Å². The van der Waals surface area contributed by atoms with E-state index in [0.29, 0.717) is 17.9 Å². The average molecular weight is 602 g/mol. The number of benzene rings is 2. The largest absolute Gasteiger partial charge is 0.493 e. The maximum atomic E-state index is 13.8. The standard InChI is InChI=1S/C32H39N7O5/c1-20(2)29-32(43)34-25(15-22-10-5-4-6-11-22)30(41)33-17-23-18-39(37-36-23)24-16-26(31(42)35-29)38(19-24)28(40)13-14-44-27-12-8-7-9-21(27)3/h4-12,18,20,24-26,29H,13-17,19H2,1-3H3,(H,33,41)(H,34,43)(H,35,42)/t24-,25+,26-,29-/m0/s1. The van der Waals surface area contributed by atoms with Crippen LogP contribution in [-0.4, -0.2) is 74.8 Å². The number of likely N-dealkylation sites (tertiary alicyclic amines) is 1. The van der Waals surface area contributed by atoms with E-state index in [1.807, 2.05) is 75.4 Å². The van der Waals surface area contributed by atoms with E-state index < -0.39 is 29.9 Å². The van der Waals surface area contributed by atoms with Crippen LogP contribution in [0.4, 0.5) is 0 Å². The Labute approximate surface area is 256 Å². The Morgan fingerprint density at radius 3 is 2.50 bits per heavy atom. The Morgan fingerprint density at radius 2 is 1.75 bits per heavy atom. The SMILES string of the molecule is Cc1ccccc1OCCC(=O)N1C[C@@H]2C[C@H]1C(=O)N[C@@H](C(C)C)C(=O)N[C@H](Cc1ccccc1)C(=O)NCc1cn2nn1. The molecule has 2 aromatic carbocycles. The molecule has 4 amide bonds. The number of aromatic nitrogens is 3. The molecule has 3 N–H and O–H groups in total. The summed E-state index contributed by atoms with van der Waals surface area (Å²) in [5.41, 5.74) is 2.36. The van der Waals surface area contributed by atoms with Crippen LogP contribution in [0.2, 0.25) is 0 Å². The topological polar surface area (TPSA) is 148 Å². The molecule has 3 heterocycles. The van der Waals surface area contributed by atoms with Gasteiger partial charge in [-0.15, -0.1) is 5.10 Å². The maximum Gasteiger partial charge on any atom is 0.243 e. The number of nitrogens with zero attached hydrogens (tertiary/aromatic N) is 4. The molecule has 3 aromatic rings. The zero-order chi connectivity index (χ0) is 31.2. The second kappa shape index (κ2) is 13.7. The molecule has 2 aliphatic heterocycles. The maximum absolute atomic E-state index is 13.8. The number of amides is 4. The van der Waals surface area contributed by atoms with Crippen molar-refractivity contribution in [1.82, 2.24) is 35.8 Å². The van der Waals surface area contributed by atoms with Gasteiger partial charge in [0.25, 0.3) is 0 Å². The first kappa shape index (κ1) is 30.7. The van der Waals surface area contributed by atoms with Gasteiger partial charge in [0, 0.05) is 19.4 Å². The van der Waals surface area contributed by atoms with Gasteiger partial charge < -0.3 is 25.6 Å². The predicted octanol–water partition coefficient (Wildman–Crippen LogP) is 1.70. The fraction of sp³-hybridized carbons (Fsp3) is 0.438. The quantitative estimate of drug-likeness (QED) is 0.373. The molecule has 0 unspecified atom stereocenters. The lowest BCUT2D eigenvalue weighted by atomic mass is 10.00. The number of nitrogens with one attached hydrogen (secondary N) is 3. The third-order valence-corrected chi connectivity index (χ3v) is 8.11. The number of aryl methyl sites for hydroxylation is 1. The van der Waals surface area contributed by atoms with Crippen LogP contribution >= 0.6 is 0 Å². The average Bonchev–Trinajstić information content (AvgIpc) is 3.67. The summed E-state index contributed by atoms with van der Waals surface area (Å²) in [5, 5.41) is 17.1. The number of rotatable bonds is 7. The lowest BCUT2D eigenvalue weighted by Gasteiger charge is -2.29. The van der Waals surface area contributed by atoms with Crippen molar-refractivity contribution in [2.24, 2.45) is 5.92 Å². The van der Waals surface area contributed by atoms with E-state index in [0.717, 1.165) is 11.1 Å². The van der Waals surface area contributed by atoms with Gasteiger partial charge in [0.2, 0.25) is 23.6 Å². The van der Waals surface area contributed by atoms with Crippen LogP contribution in [0, 0.1) is 12.8 Å². The predicted molar refractivity (Wildman–Crippen MR) is 161 cm³/mol. The molecule has 4 bridgehead atoms. The van der Waals surface area contributed by atoms with Crippen LogP contribution in [0.3, 0.4) is 0 Å². The Balaban J connectivity index is 1.37. The number of hydrogen-bond acceptors (Lipinski definition) is 7. The highest BCUT2D eigenvalue weighted by Gasteiger charge is 2.42. The molecule has 4 atom stereocenters. The molecule has 0 saturated carbocycles. The zero-order valence-electron chi connectivity index (χ0n) is 25.2. The zero-order valence-corrected chi connectivity index (χ0v) is 25.2. The summed E-state index contributed by atoms with van der Waals surface area (Å²) in [6.45, 7) is 6.10. The van der Waals surface area contributed by atoms with E-state index in [1.165, 1.54) is 0 Å². The molecule has 5 rings (SSSR count). The first-order chi connectivity index (χ1) is 21.2. The highest BCUT2D eigenvalue weighted by atomic mass is 16.5. The second-order valence-electron chi connectivity index (χ2n) is 11.7. The summed E-state index contributed by atoms with van der Waals surface area (Å²) in [4.78, 5) is 55.7. The minimum atomic E-state index is -0.920. The number of fused-ring (bicyclic) bond motifs is 5. The minimum Gasteiger partial charge on any atom is -0.493 e. The fourth-order valence-electron chi connectivity index (χ4n) is 5.62. The van der Waals surface area contributed by atoms with Gasteiger partial charge in [-0.05, 0) is 30.0 Å². The molecule has 0 radical (unpaired) electrons. The highest BCUT2D eigenvalue weighted by molar-refractivity contribution is 5.94. The summed E-state index contributed by atoms with van der Waals surface area (Å²) in [6.07, 6.45) is 2.36. The second-order valence-corrected chi connectivity index (χ2v) is 11.7. The van der Waals surface area contributed by atoms with Gasteiger partial charge in [0.15, 0.2) is 0 Å². The molecular formula is C32H39N7O5. The van der Waals surface area contributed by atoms with Gasteiger partial charge in [0.05, 0.1) is 31.8 Å². The summed E-state index contributed by atoms with van der Waals surface area (Å²) >= 11 is 0. The van der Waals surface area contributed by atoms with Crippen molar-refractivity contribution in [1.29, 1.82) is 0 Å². The van der Waals surface area contributed by atoms with Crippen molar-refractivity contribution in [3.05, 3.63) is 77.6 Å². The van der Waals surface area contributed by atoms with Gasteiger partial charge >= 0.3 is 0 Å². The molecule has 44 heavy (non-hydrogen) atoms. The molecule has 12 heteroatoms. The van der Waals surface area contributed by atoms with Crippen molar-refractivity contribution >= 4 is 23.6 Å².